The second kappa shape index (κ2) is 17.0. The van der Waals surface area contributed by atoms with Crippen LogP contribution in [-0.2, 0) is 0 Å². The van der Waals surface area contributed by atoms with Crippen molar-refractivity contribution in [2.45, 2.75) is 27.7 Å². The molecule has 6 aromatic carbocycles. The number of fused-ring (bicyclic) bond motifs is 2. The Labute approximate surface area is 344 Å². The van der Waals surface area contributed by atoms with Gasteiger partial charge in [-0.15, -0.1) is 22.7 Å². The summed E-state index contributed by atoms with van der Waals surface area (Å²) in [4.78, 5) is 2.11. The minimum atomic E-state index is 0.472. The van der Waals surface area contributed by atoms with E-state index in [1.165, 1.54) is 15.8 Å². The molecule has 8 rings (SSSR count). The topological polar surface area (TPSA) is 89.2 Å². The van der Waals surface area contributed by atoms with Gasteiger partial charge in [-0.2, -0.15) is 0 Å². The number of halogens is 2. The molecule has 8 aromatic rings. The standard InChI is InChI=1S/C24H21ClN2OS.C22H17ClN2OS/c1-14-8-10-18-20(12-14)16(3)29-24(18)23(27-28)19-11-9-17(13-21(19)25)26-22-7-5-4-6-15(22)2;1-14-6-2-4-8-20(14)24-15-10-11-17(19(23)12-15)22(25-26)18-13-27-21-9-5-3-7-16(18)21/h4-13,26,28H,1-3H3;2-13,24,26H,1H3. The highest BCUT2D eigenvalue weighted by Gasteiger charge is 2.20. The fourth-order valence-corrected chi connectivity index (χ4v) is 9.14. The normalized spacial score (nSPS) is 11.8. The van der Waals surface area contributed by atoms with Gasteiger partial charge in [0, 0.05) is 65.2 Å². The van der Waals surface area contributed by atoms with Crippen LogP contribution < -0.4 is 10.6 Å². The van der Waals surface area contributed by atoms with Crippen molar-refractivity contribution in [1.82, 2.24) is 0 Å². The van der Waals surface area contributed by atoms with Crippen LogP contribution in [0, 0.1) is 27.7 Å². The lowest BCUT2D eigenvalue weighted by molar-refractivity contribution is 0.319. The maximum absolute atomic E-state index is 9.84. The van der Waals surface area contributed by atoms with Crippen LogP contribution in [0.4, 0.5) is 22.7 Å². The van der Waals surface area contributed by atoms with E-state index in [2.05, 4.69) is 85.0 Å². The van der Waals surface area contributed by atoms with Crippen molar-refractivity contribution >= 4 is 101 Å². The molecule has 0 saturated carbocycles. The van der Waals surface area contributed by atoms with E-state index in [4.69, 9.17) is 23.2 Å². The molecule has 6 nitrogen and oxygen atoms in total. The number of oxime groups is 2. The predicted octanol–water partition coefficient (Wildman–Crippen LogP) is 14.3. The number of hydrogen-bond donors (Lipinski definition) is 4. The van der Waals surface area contributed by atoms with E-state index >= 15 is 0 Å². The average molecular weight is 814 g/mol. The summed E-state index contributed by atoms with van der Waals surface area (Å²) in [5.74, 6) is 0. The molecule has 0 atom stereocenters. The van der Waals surface area contributed by atoms with Gasteiger partial charge in [-0.25, -0.2) is 0 Å². The molecule has 0 fully saturated rings. The maximum atomic E-state index is 9.84. The first-order chi connectivity index (χ1) is 27.1. The lowest BCUT2D eigenvalue weighted by atomic mass is 10.0. The number of thiophene rings is 2. The van der Waals surface area contributed by atoms with Crippen LogP contribution in [0.3, 0.4) is 0 Å². The van der Waals surface area contributed by atoms with Gasteiger partial charge in [-0.05, 0) is 98.8 Å². The van der Waals surface area contributed by atoms with Gasteiger partial charge in [-0.3, -0.25) is 0 Å². The minimum Gasteiger partial charge on any atom is -0.410 e. The molecule has 0 spiro atoms. The number of rotatable bonds is 8. The molecular weight excluding hydrogens is 776 g/mol. The number of anilines is 4. The van der Waals surface area contributed by atoms with Crippen molar-refractivity contribution in [3.8, 4) is 0 Å². The molecule has 4 N–H and O–H groups in total. The molecule has 0 aliphatic rings. The molecule has 10 heteroatoms. The van der Waals surface area contributed by atoms with Gasteiger partial charge in [0.05, 0.1) is 14.9 Å². The van der Waals surface area contributed by atoms with Crippen LogP contribution in [0.15, 0.2) is 143 Å². The summed E-state index contributed by atoms with van der Waals surface area (Å²) in [5, 5.41) is 39.8. The Balaban J connectivity index is 0.000000172. The van der Waals surface area contributed by atoms with Gasteiger partial charge >= 0.3 is 0 Å². The Hall–Kier alpha value is -5.64. The van der Waals surface area contributed by atoms with Gasteiger partial charge in [0.15, 0.2) is 0 Å². The highest BCUT2D eigenvalue weighted by atomic mass is 35.5. The molecule has 2 heterocycles. The quantitative estimate of drug-likeness (QED) is 0.0699. The van der Waals surface area contributed by atoms with Gasteiger partial charge in [0.1, 0.15) is 11.4 Å². The van der Waals surface area contributed by atoms with Gasteiger partial charge in [-0.1, -0.05) is 112 Å². The number of nitrogens with zero attached hydrogens (tertiary/aromatic N) is 2. The van der Waals surface area contributed by atoms with Crippen molar-refractivity contribution in [2.24, 2.45) is 10.3 Å². The zero-order valence-electron chi connectivity index (χ0n) is 31.1. The number of para-hydroxylation sites is 2. The molecule has 0 aliphatic heterocycles. The molecule has 0 saturated heterocycles. The third-order valence-electron chi connectivity index (χ3n) is 9.50. The van der Waals surface area contributed by atoms with Crippen molar-refractivity contribution in [3.05, 3.63) is 186 Å². The van der Waals surface area contributed by atoms with Gasteiger partial charge < -0.3 is 21.0 Å². The first-order valence-corrected chi connectivity index (χ1v) is 20.3. The summed E-state index contributed by atoms with van der Waals surface area (Å²) in [5.41, 5.74) is 10.6. The fraction of sp³-hybridized carbons (Fsp3) is 0.0870. The number of aryl methyl sites for hydroxylation is 4. The molecular formula is C46H38Cl2N4O2S2. The summed E-state index contributed by atoms with van der Waals surface area (Å²) in [6.45, 7) is 8.27. The molecule has 0 bridgehead atoms. The Bertz CT molecular complexity index is 2770. The highest BCUT2D eigenvalue weighted by Crippen LogP contribution is 2.36. The summed E-state index contributed by atoms with van der Waals surface area (Å²) >= 11 is 16.4. The predicted molar refractivity (Wildman–Crippen MR) is 240 cm³/mol. The van der Waals surface area contributed by atoms with E-state index in [9.17, 15) is 10.4 Å². The van der Waals surface area contributed by atoms with Crippen molar-refractivity contribution < 1.29 is 10.4 Å². The van der Waals surface area contributed by atoms with Crippen LogP contribution in [0.2, 0.25) is 10.0 Å². The van der Waals surface area contributed by atoms with Crippen LogP contribution >= 0.6 is 45.9 Å². The number of nitrogens with one attached hydrogen (secondary N) is 2. The van der Waals surface area contributed by atoms with Gasteiger partial charge in [0.2, 0.25) is 0 Å². The molecule has 56 heavy (non-hydrogen) atoms. The second-order valence-electron chi connectivity index (χ2n) is 13.3. The first kappa shape index (κ1) is 38.6. The Morgan fingerprint density at radius 1 is 0.554 bits per heavy atom. The van der Waals surface area contributed by atoms with Crippen molar-refractivity contribution in [2.75, 3.05) is 10.6 Å². The largest absolute Gasteiger partial charge is 0.410 e. The lowest BCUT2D eigenvalue weighted by Crippen LogP contribution is -2.04. The van der Waals surface area contributed by atoms with E-state index in [1.807, 2.05) is 96.4 Å². The average Bonchev–Trinajstić information content (AvgIpc) is 3.76. The Morgan fingerprint density at radius 2 is 1.11 bits per heavy atom. The van der Waals surface area contributed by atoms with Gasteiger partial charge in [0.25, 0.3) is 0 Å². The van der Waals surface area contributed by atoms with Crippen molar-refractivity contribution in [3.63, 3.8) is 0 Å². The summed E-state index contributed by atoms with van der Waals surface area (Å²) in [6, 6.07) is 41.9. The van der Waals surface area contributed by atoms with Crippen LogP contribution in [0.25, 0.3) is 20.9 Å². The molecule has 0 aliphatic carbocycles. The van der Waals surface area contributed by atoms with Crippen LogP contribution in [0.5, 0.6) is 0 Å². The van der Waals surface area contributed by atoms with E-state index in [1.54, 1.807) is 22.7 Å². The fourth-order valence-electron chi connectivity index (χ4n) is 6.53. The molecule has 2 aromatic heterocycles. The Morgan fingerprint density at radius 3 is 1.68 bits per heavy atom. The first-order valence-electron chi connectivity index (χ1n) is 17.8. The smallest absolute Gasteiger partial charge is 0.129 e. The lowest BCUT2D eigenvalue weighted by Gasteiger charge is -2.12. The second-order valence-corrected chi connectivity index (χ2v) is 16.3. The van der Waals surface area contributed by atoms with E-state index in [-0.39, 0.29) is 0 Å². The third-order valence-corrected chi connectivity index (χ3v) is 12.2. The SMILES string of the molecule is Cc1ccc2c(C(=NO)c3ccc(Nc4ccccc4C)cc3Cl)sc(C)c2c1.Cc1ccccc1Nc1ccc(C(=NO)c2csc3ccccc23)c(Cl)c1. The molecule has 0 unspecified atom stereocenters. The Kier molecular flexibility index (Phi) is 11.7. The molecule has 0 radical (unpaired) electrons. The zero-order chi connectivity index (χ0) is 39.3. The minimum absolute atomic E-state index is 0.472. The van der Waals surface area contributed by atoms with Crippen molar-refractivity contribution in [1.29, 1.82) is 0 Å². The van der Waals surface area contributed by atoms with E-state index in [0.717, 1.165) is 59.8 Å². The third kappa shape index (κ3) is 8.15. The maximum Gasteiger partial charge on any atom is 0.129 e. The number of hydrogen-bond acceptors (Lipinski definition) is 8. The van der Waals surface area contributed by atoms with Crippen LogP contribution in [0.1, 0.15) is 43.1 Å². The zero-order valence-corrected chi connectivity index (χ0v) is 34.2. The van der Waals surface area contributed by atoms with E-state index < -0.39 is 0 Å². The molecule has 280 valence electrons. The van der Waals surface area contributed by atoms with E-state index in [0.29, 0.717) is 32.6 Å². The van der Waals surface area contributed by atoms with Crippen LogP contribution in [-0.4, -0.2) is 21.8 Å². The number of benzene rings is 6. The summed E-state index contributed by atoms with van der Waals surface area (Å²) in [6.07, 6.45) is 0. The summed E-state index contributed by atoms with van der Waals surface area (Å²) in [7, 11) is 0. The summed E-state index contributed by atoms with van der Waals surface area (Å²) < 4.78 is 1.14. The monoisotopic (exact) mass is 812 g/mol. The highest BCUT2D eigenvalue weighted by molar-refractivity contribution is 7.17. The molecule has 0 amide bonds.